The molecular formula is C19H23BrN2O2. The number of anilines is 1. The number of halogens is 1. The topological polar surface area (TPSA) is 50.4 Å². The predicted molar refractivity (Wildman–Crippen MR) is 102 cm³/mol. The van der Waals surface area contributed by atoms with Gasteiger partial charge < -0.3 is 15.4 Å². The fourth-order valence-electron chi connectivity index (χ4n) is 2.09. The van der Waals surface area contributed by atoms with Crippen LogP contribution in [0.2, 0.25) is 0 Å². The van der Waals surface area contributed by atoms with Crippen LogP contribution in [0.4, 0.5) is 10.5 Å². The first-order valence-electron chi connectivity index (χ1n) is 7.88. The van der Waals surface area contributed by atoms with Gasteiger partial charge in [-0.1, -0.05) is 48.8 Å². The van der Waals surface area contributed by atoms with E-state index in [0.717, 1.165) is 15.9 Å². The lowest BCUT2D eigenvalue weighted by molar-refractivity contribution is 0.247. The number of rotatable bonds is 5. The van der Waals surface area contributed by atoms with Crippen LogP contribution in [0.25, 0.3) is 0 Å². The summed E-state index contributed by atoms with van der Waals surface area (Å²) in [7, 11) is 0. The van der Waals surface area contributed by atoms with Crippen molar-refractivity contribution in [2.24, 2.45) is 0 Å². The molecule has 0 saturated carbocycles. The van der Waals surface area contributed by atoms with Gasteiger partial charge in [-0.3, -0.25) is 0 Å². The van der Waals surface area contributed by atoms with Gasteiger partial charge in [0.1, 0.15) is 12.4 Å². The van der Waals surface area contributed by atoms with Gasteiger partial charge in [0, 0.05) is 10.2 Å². The minimum atomic E-state index is -0.246. The van der Waals surface area contributed by atoms with Gasteiger partial charge >= 0.3 is 6.03 Å². The zero-order valence-electron chi connectivity index (χ0n) is 14.2. The number of hydrogen-bond donors (Lipinski definition) is 2. The molecule has 0 fully saturated rings. The maximum absolute atomic E-state index is 11.8. The van der Waals surface area contributed by atoms with E-state index >= 15 is 0 Å². The van der Waals surface area contributed by atoms with E-state index < -0.39 is 0 Å². The van der Waals surface area contributed by atoms with E-state index in [0.29, 0.717) is 13.2 Å². The molecular weight excluding hydrogens is 368 g/mol. The second-order valence-corrected chi connectivity index (χ2v) is 7.43. The summed E-state index contributed by atoms with van der Waals surface area (Å²) < 4.78 is 6.68. The predicted octanol–water partition coefficient (Wildman–Crippen LogP) is 4.95. The van der Waals surface area contributed by atoms with E-state index in [1.807, 2.05) is 42.5 Å². The highest BCUT2D eigenvalue weighted by molar-refractivity contribution is 9.10. The first-order valence-corrected chi connectivity index (χ1v) is 8.68. The van der Waals surface area contributed by atoms with Crippen LogP contribution in [0.1, 0.15) is 26.3 Å². The van der Waals surface area contributed by atoms with Crippen molar-refractivity contribution in [2.75, 3.05) is 18.5 Å². The van der Waals surface area contributed by atoms with Crippen LogP contribution in [-0.2, 0) is 5.41 Å². The second-order valence-electron chi connectivity index (χ2n) is 6.51. The molecule has 0 bridgehead atoms. The van der Waals surface area contributed by atoms with Crippen molar-refractivity contribution in [3.63, 3.8) is 0 Å². The van der Waals surface area contributed by atoms with Crippen molar-refractivity contribution >= 4 is 27.6 Å². The van der Waals surface area contributed by atoms with Crippen molar-refractivity contribution in [3.05, 3.63) is 58.6 Å². The lowest BCUT2D eigenvalue weighted by Gasteiger charge is -2.19. The molecule has 0 aliphatic carbocycles. The monoisotopic (exact) mass is 390 g/mol. The maximum Gasteiger partial charge on any atom is 0.319 e. The molecule has 0 spiro atoms. The zero-order chi connectivity index (χ0) is 17.6. The summed E-state index contributed by atoms with van der Waals surface area (Å²) in [6.45, 7) is 7.35. The Morgan fingerprint density at radius 1 is 1.12 bits per heavy atom. The van der Waals surface area contributed by atoms with Crippen molar-refractivity contribution < 1.29 is 9.53 Å². The van der Waals surface area contributed by atoms with Crippen molar-refractivity contribution in [1.82, 2.24) is 5.32 Å². The van der Waals surface area contributed by atoms with Crippen LogP contribution in [0.5, 0.6) is 5.75 Å². The Kier molecular flexibility index (Phi) is 6.26. The number of urea groups is 1. The normalized spacial score (nSPS) is 11.0. The Hall–Kier alpha value is -2.01. The van der Waals surface area contributed by atoms with Crippen molar-refractivity contribution in [2.45, 2.75) is 26.2 Å². The lowest BCUT2D eigenvalue weighted by atomic mass is 9.87. The molecule has 2 aromatic rings. The fourth-order valence-corrected chi connectivity index (χ4v) is 2.36. The molecule has 0 radical (unpaired) electrons. The van der Waals surface area contributed by atoms with Gasteiger partial charge in [-0.15, -0.1) is 0 Å². The van der Waals surface area contributed by atoms with Crippen LogP contribution in [0.15, 0.2) is 53.0 Å². The van der Waals surface area contributed by atoms with Gasteiger partial charge in [-0.25, -0.2) is 4.79 Å². The lowest BCUT2D eigenvalue weighted by Crippen LogP contribution is -2.32. The fraction of sp³-hybridized carbons (Fsp3) is 0.316. The third-order valence-electron chi connectivity index (χ3n) is 3.46. The maximum atomic E-state index is 11.8. The molecule has 0 atom stereocenters. The number of carbonyl (C=O) groups is 1. The van der Waals surface area contributed by atoms with E-state index in [2.05, 4.69) is 53.4 Å². The minimum Gasteiger partial charge on any atom is -0.492 e. The molecule has 2 N–H and O–H groups in total. The number of carbonyl (C=O) groups excluding carboxylic acids is 1. The van der Waals surface area contributed by atoms with Crippen LogP contribution in [0.3, 0.4) is 0 Å². The number of ether oxygens (including phenoxy) is 1. The van der Waals surface area contributed by atoms with Crippen molar-refractivity contribution in [3.8, 4) is 5.75 Å². The summed E-state index contributed by atoms with van der Waals surface area (Å²) in [5.41, 5.74) is 2.05. The standard InChI is InChI=1S/C19H23BrN2O2/c1-19(2,3)14-5-4-6-17(13-14)24-12-11-21-18(23)22-16-9-7-15(20)8-10-16/h4-10,13H,11-12H2,1-3H3,(H2,21,22,23). The molecule has 0 aromatic heterocycles. The molecule has 0 heterocycles. The highest BCUT2D eigenvalue weighted by Gasteiger charge is 2.13. The minimum absolute atomic E-state index is 0.0855. The molecule has 2 amide bonds. The Morgan fingerprint density at radius 2 is 1.83 bits per heavy atom. The Morgan fingerprint density at radius 3 is 2.50 bits per heavy atom. The molecule has 0 aliphatic rings. The van der Waals surface area contributed by atoms with Crippen LogP contribution in [0, 0.1) is 0 Å². The quantitative estimate of drug-likeness (QED) is 0.709. The van der Waals surface area contributed by atoms with Crippen molar-refractivity contribution in [1.29, 1.82) is 0 Å². The smallest absolute Gasteiger partial charge is 0.319 e. The summed E-state index contributed by atoms with van der Waals surface area (Å²) >= 11 is 3.36. The van der Waals surface area contributed by atoms with Gasteiger partial charge in [-0.2, -0.15) is 0 Å². The van der Waals surface area contributed by atoms with E-state index in [9.17, 15) is 4.79 Å². The van der Waals surface area contributed by atoms with E-state index in [-0.39, 0.29) is 11.4 Å². The summed E-state index contributed by atoms with van der Waals surface area (Å²) in [6, 6.07) is 15.2. The summed E-state index contributed by atoms with van der Waals surface area (Å²) in [5, 5.41) is 5.54. The number of benzene rings is 2. The van der Waals surface area contributed by atoms with Crippen LogP contribution >= 0.6 is 15.9 Å². The van der Waals surface area contributed by atoms with E-state index in [1.54, 1.807) is 0 Å². The zero-order valence-corrected chi connectivity index (χ0v) is 15.8. The molecule has 24 heavy (non-hydrogen) atoms. The third-order valence-corrected chi connectivity index (χ3v) is 3.99. The largest absolute Gasteiger partial charge is 0.492 e. The van der Waals surface area contributed by atoms with Crippen LogP contribution in [-0.4, -0.2) is 19.2 Å². The molecule has 2 aromatic carbocycles. The number of amides is 2. The summed E-state index contributed by atoms with van der Waals surface area (Å²) in [5.74, 6) is 0.817. The van der Waals surface area contributed by atoms with Gasteiger partial charge in [0.2, 0.25) is 0 Å². The average molecular weight is 391 g/mol. The third kappa shape index (κ3) is 5.89. The molecule has 2 rings (SSSR count). The summed E-state index contributed by atoms with van der Waals surface area (Å²) in [6.07, 6.45) is 0. The molecule has 128 valence electrons. The van der Waals surface area contributed by atoms with E-state index in [4.69, 9.17) is 4.74 Å². The molecule has 0 saturated heterocycles. The van der Waals surface area contributed by atoms with Gasteiger partial charge in [0.05, 0.1) is 6.54 Å². The SMILES string of the molecule is CC(C)(C)c1cccc(OCCNC(=O)Nc2ccc(Br)cc2)c1. The summed E-state index contributed by atoms with van der Waals surface area (Å²) in [4.78, 5) is 11.8. The van der Waals surface area contributed by atoms with Gasteiger partial charge in [0.15, 0.2) is 0 Å². The Bertz CT molecular complexity index is 679. The van der Waals surface area contributed by atoms with Gasteiger partial charge in [0.25, 0.3) is 0 Å². The molecule has 4 nitrogen and oxygen atoms in total. The number of hydrogen-bond acceptors (Lipinski definition) is 2. The van der Waals surface area contributed by atoms with E-state index in [1.165, 1.54) is 5.56 Å². The highest BCUT2D eigenvalue weighted by atomic mass is 79.9. The molecule has 5 heteroatoms. The first kappa shape index (κ1) is 18.3. The highest BCUT2D eigenvalue weighted by Crippen LogP contribution is 2.25. The van der Waals surface area contributed by atoms with Crippen LogP contribution < -0.4 is 15.4 Å². The molecule has 0 aliphatic heterocycles. The average Bonchev–Trinajstić information content (AvgIpc) is 2.53. The Labute approximate surface area is 151 Å². The first-order chi connectivity index (χ1) is 11.3. The van der Waals surface area contributed by atoms with Gasteiger partial charge in [-0.05, 0) is 47.4 Å². The second kappa shape index (κ2) is 8.20. The Balaban J connectivity index is 1.74. The number of nitrogens with one attached hydrogen (secondary N) is 2. The molecule has 0 unspecified atom stereocenters.